The fourth-order valence-corrected chi connectivity index (χ4v) is 5.40. The third-order valence-corrected chi connectivity index (χ3v) is 7.67. The second kappa shape index (κ2) is 14.5. The number of carbonyl (C=O) groups is 4. The number of likely N-dealkylation sites (tertiary alicyclic amines) is 2. The first-order chi connectivity index (χ1) is 23.1. The van der Waals surface area contributed by atoms with Crippen LogP contribution in [0, 0.1) is 0 Å². The minimum Gasteiger partial charge on any atom is -0.444 e. The molecule has 0 spiro atoms. The topological polar surface area (TPSA) is 167 Å². The van der Waals surface area contributed by atoms with Gasteiger partial charge >= 0.3 is 24.2 Å². The van der Waals surface area contributed by atoms with Gasteiger partial charge in [0.2, 0.25) is 5.89 Å². The molecule has 49 heavy (non-hydrogen) atoms. The van der Waals surface area contributed by atoms with Crippen LogP contribution in [0.3, 0.4) is 0 Å². The molecule has 4 N–H and O–H groups in total. The number of benzene rings is 2. The number of rotatable bonds is 6. The lowest BCUT2D eigenvalue weighted by atomic mass is 10.2. The van der Waals surface area contributed by atoms with Gasteiger partial charge in [-0.3, -0.25) is 0 Å². The molecule has 2 fully saturated rings. The molecular formula is C35H45N7O7. The monoisotopic (exact) mass is 675 g/mol. The molecule has 0 unspecified atom stereocenters. The number of hydrogen-bond donors (Lipinski definition) is 4. The summed E-state index contributed by atoms with van der Waals surface area (Å²) < 4.78 is 16.8. The number of nitrogens with one attached hydrogen (secondary N) is 4. The molecule has 5 rings (SSSR count). The second-order valence-corrected chi connectivity index (χ2v) is 14.2. The van der Waals surface area contributed by atoms with Gasteiger partial charge in [-0.25, -0.2) is 24.2 Å². The smallest absolute Gasteiger partial charge is 0.410 e. The zero-order valence-electron chi connectivity index (χ0n) is 28.8. The highest BCUT2D eigenvalue weighted by Gasteiger charge is 2.32. The first-order valence-corrected chi connectivity index (χ1v) is 16.4. The van der Waals surface area contributed by atoms with Crippen LogP contribution in [0.2, 0.25) is 0 Å². The predicted octanol–water partition coefficient (Wildman–Crippen LogP) is 6.27. The molecule has 14 heteroatoms. The Kier molecular flexibility index (Phi) is 10.3. The summed E-state index contributed by atoms with van der Waals surface area (Å²) >= 11 is 0. The van der Waals surface area contributed by atoms with Crippen LogP contribution in [-0.2, 0) is 9.47 Å². The van der Waals surface area contributed by atoms with E-state index in [1.54, 1.807) is 52.4 Å². The van der Waals surface area contributed by atoms with Crippen LogP contribution in [0.15, 0.2) is 59.1 Å². The van der Waals surface area contributed by atoms with Gasteiger partial charge in [0.25, 0.3) is 0 Å². The summed E-state index contributed by atoms with van der Waals surface area (Å²) in [7, 11) is 0. The second-order valence-electron chi connectivity index (χ2n) is 14.2. The number of oxazole rings is 1. The van der Waals surface area contributed by atoms with E-state index in [9.17, 15) is 19.2 Å². The fraction of sp³-hybridized carbons (Fsp3) is 0.457. The van der Waals surface area contributed by atoms with Gasteiger partial charge in [0, 0.05) is 60.8 Å². The van der Waals surface area contributed by atoms with Gasteiger partial charge in [-0.15, -0.1) is 0 Å². The van der Waals surface area contributed by atoms with Crippen LogP contribution >= 0.6 is 0 Å². The van der Waals surface area contributed by atoms with Gasteiger partial charge in [-0.05, 0) is 103 Å². The Morgan fingerprint density at radius 2 is 1.12 bits per heavy atom. The van der Waals surface area contributed by atoms with E-state index in [1.807, 2.05) is 53.7 Å². The summed E-state index contributed by atoms with van der Waals surface area (Å²) in [4.78, 5) is 57.4. The molecule has 0 radical (unpaired) electrons. The summed E-state index contributed by atoms with van der Waals surface area (Å²) in [6.07, 6.45) is 2.15. The molecule has 6 amide bonds. The summed E-state index contributed by atoms with van der Waals surface area (Å²) in [5.74, 6) is 0.968. The van der Waals surface area contributed by atoms with Crippen LogP contribution in [0.25, 0.3) is 22.8 Å². The zero-order chi connectivity index (χ0) is 35.3. The van der Waals surface area contributed by atoms with Crippen molar-refractivity contribution in [3.8, 4) is 22.8 Å². The van der Waals surface area contributed by atoms with Gasteiger partial charge in [0.15, 0.2) is 5.76 Å². The number of nitrogens with zero attached hydrogens (tertiary/aromatic N) is 3. The van der Waals surface area contributed by atoms with Gasteiger partial charge in [0.1, 0.15) is 11.2 Å². The number of ether oxygens (including phenoxy) is 2. The molecule has 0 saturated carbocycles. The number of amides is 6. The molecule has 14 nitrogen and oxygen atoms in total. The van der Waals surface area contributed by atoms with Crippen LogP contribution in [0.5, 0.6) is 0 Å². The van der Waals surface area contributed by atoms with Crippen molar-refractivity contribution >= 4 is 35.6 Å². The highest BCUT2D eigenvalue weighted by molar-refractivity contribution is 5.90. The van der Waals surface area contributed by atoms with Gasteiger partial charge in [-0.1, -0.05) is 0 Å². The largest absolute Gasteiger partial charge is 0.444 e. The van der Waals surface area contributed by atoms with Crippen LogP contribution in [0.4, 0.5) is 30.6 Å². The Morgan fingerprint density at radius 1 is 0.694 bits per heavy atom. The van der Waals surface area contributed by atoms with Crippen LogP contribution in [0.1, 0.15) is 54.4 Å². The number of aromatic nitrogens is 1. The normalized spacial score (nSPS) is 17.8. The third kappa shape index (κ3) is 10.1. The Hall–Kier alpha value is -5.27. The predicted molar refractivity (Wildman–Crippen MR) is 184 cm³/mol. The fourth-order valence-electron chi connectivity index (χ4n) is 5.40. The Bertz CT molecular complexity index is 1520. The van der Waals surface area contributed by atoms with Crippen molar-refractivity contribution in [1.29, 1.82) is 0 Å². The molecule has 262 valence electrons. The minimum atomic E-state index is -0.573. The van der Waals surface area contributed by atoms with Crippen LogP contribution in [-0.4, -0.2) is 88.5 Å². The van der Waals surface area contributed by atoms with E-state index in [2.05, 4.69) is 26.3 Å². The van der Waals surface area contributed by atoms with E-state index >= 15 is 0 Å². The van der Waals surface area contributed by atoms with E-state index in [-0.39, 0.29) is 36.3 Å². The first-order valence-electron chi connectivity index (χ1n) is 16.4. The average Bonchev–Trinajstić information content (AvgIpc) is 3.78. The first kappa shape index (κ1) is 35.0. The number of urea groups is 2. The molecule has 3 heterocycles. The van der Waals surface area contributed by atoms with E-state index in [0.717, 1.165) is 11.1 Å². The Labute approximate surface area is 285 Å². The van der Waals surface area contributed by atoms with Gasteiger partial charge in [-0.2, -0.15) is 0 Å². The molecule has 3 aromatic rings. The van der Waals surface area contributed by atoms with Crippen molar-refractivity contribution in [2.75, 3.05) is 36.8 Å². The van der Waals surface area contributed by atoms with Crippen molar-refractivity contribution in [2.24, 2.45) is 0 Å². The summed E-state index contributed by atoms with van der Waals surface area (Å²) in [6.45, 7) is 12.7. The van der Waals surface area contributed by atoms with E-state index in [1.165, 1.54) is 0 Å². The van der Waals surface area contributed by atoms with Crippen molar-refractivity contribution in [2.45, 2.75) is 77.7 Å². The molecular weight excluding hydrogens is 630 g/mol. The highest BCUT2D eigenvalue weighted by Crippen LogP contribution is 2.28. The number of carbonyl (C=O) groups excluding carboxylic acids is 4. The van der Waals surface area contributed by atoms with Gasteiger partial charge in [0.05, 0.1) is 6.20 Å². The third-order valence-electron chi connectivity index (χ3n) is 7.67. The maximum absolute atomic E-state index is 12.6. The maximum atomic E-state index is 12.6. The standard InChI is InChI=1S/C35H45N7O7/c1-34(2,3)48-32(45)41-17-15-26(20-41)39-30(43)37-24-11-7-22(8-12-24)28-19-36-29(47-28)23-9-13-25(14-10-23)38-31(44)40-27-16-18-42(21-27)33(46)49-35(4,5)6/h7-14,19,26-27H,15-18,20-21H2,1-6H3,(H2,37,39,43)(H2,38,40,44)/t26-,27-/m1/s1. The molecule has 0 aliphatic carbocycles. The lowest BCUT2D eigenvalue weighted by Gasteiger charge is -2.24. The number of hydrogen-bond acceptors (Lipinski definition) is 8. The molecule has 2 aromatic carbocycles. The van der Waals surface area contributed by atoms with E-state index in [4.69, 9.17) is 13.9 Å². The summed E-state index contributed by atoms with van der Waals surface area (Å²) in [5, 5.41) is 11.5. The number of anilines is 2. The molecule has 2 aliphatic rings. The lowest BCUT2D eigenvalue weighted by Crippen LogP contribution is -2.41. The maximum Gasteiger partial charge on any atom is 0.410 e. The zero-order valence-corrected chi connectivity index (χ0v) is 28.8. The Morgan fingerprint density at radius 3 is 1.55 bits per heavy atom. The van der Waals surface area contributed by atoms with E-state index in [0.29, 0.717) is 62.0 Å². The van der Waals surface area contributed by atoms with Crippen molar-refractivity contribution in [3.05, 3.63) is 54.7 Å². The SMILES string of the molecule is CC(C)(C)OC(=O)N1CC[C@@H](NC(=O)Nc2ccc(-c3cnc(-c4ccc(NC(=O)N[C@@H]5CCN(C(=O)OC(C)(C)C)C5)cc4)o3)cc2)C1. The molecule has 2 aliphatic heterocycles. The van der Waals surface area contributed by atoms with Crippen LogP contribution < -0.4 is 21.3 Å². The van der Waals surface area contributed by atoms with Crippen molar-refractivity contribution < 1.29 is 33.1 Å². The molecule has 1 aromatic heterocycles. The molecule has 2 saturated heterocycles. The van der Waals surface area contributed by atoms with Crippen molar-refractivity contribution in [1.82, 2.24) is 25.4 Å². The lowest BCUT2D eigenvalue weighted by molar-refractivity contribution is 0.0281. The van der Waals surface area contributed by atoms with Crippen molar-refractivity contribution in [3.63, 3.8) is 0 Å². The summed E-state index contributed by atoms with van der Waals surface area (Å²) in [6, 6.07) is 13.2. The van der Waals surface area contributed by atoms with Gasteiger partial charge < -0.3 is 45.0 Å². The Balaban J connectivity index is 1.07. The summed E-state index contributed by atoms with van der Waals surface area (Å²) in [5.41, 5.74) is 1.56. The molecule has 2 atom stereocenters. The minimum absolute atomic E-state index is 0.169. The van der Waals surface area contributed by atoms with E-state index < -0.39 is 11.2 Å². The average molecular weight is 676 g/mol. The highest BCUT2D eigenvalue weighted by atomic mass is 16.6. The molecule has 0 bridgehead atoms. The quantitative estimate of drug-likeness (QED) is 0.237.